The van der Waals surface area contributed by atoms with Crippen LogP contribution in [0.1, 0.15) is 0 Å². The first kappa shape index (κ1) is 21.0. The summed E-state index contributed by atoms with van der Waals surface area (Å²) in [5.41, 5.74) is 1.41. The van der Waals surface area contributed by atoms with Crippen LogP contribution >= 0.6 is 23.2 Å². The summed E-state index contributed by atoms with van der Waals surface area (Å²) in [6.45, 7) is 1.57. The van der Waals surface area contributed by atoms with Gasteiger partial charge < -0.3 is 4.90 Å². The lowest BCUT2D eigenvalue weighted by atomic mass is 10.1. The molecule has 10 heteroatoms. The number of nitrogens with zero attached hydrogens (tertiary/aromatic N) is 4. The second-order valence-corrected chi connectivity index (χ2v) is 9.50. The lowest BCUT2D eigenvalue weighted by Crippen LogP contribution is -2.49. The maximum Gasteiger partial charge on any atom is 0.243 e. The number of hydrogen-bond donors (Lipinski definition) is 0. The molecule has 0 N–H and O–H groups in total. The molecule has 1 aromatic heterocycles. The Balaban J connectivity index is 1.44. The van der Waals surface area contributed by atoms with Gasteiger partial charge in [-0.2, -0.15) is 4.31 Å². The summed E-state index contributed by atoms with van der Waals surface area (Å²) in [6, 6.07) is 14.0. The Morgan fingerprint density at radius 2 is 1.53 bits per heavy atom. The molecule has 0 amide bonds. The van der Waals surface area contributed by atoms with Gasteiger partial charge in [-0.3, -0.25) is 0 Å². The summed E-state index contributed by atoms with van der Waals surface area (Å²) in [5, 5.41) is 8.97. The summed E-state index contributed by atoms with van der Waals surface area (Å²) in [7, 11) is -3.66. The standard InChI is InChI=1S/C20H17Cl2FN4O2S/c21-17-6-5-16(13-18(17)22)30(28,29)27-11-9-26(10-12-27)20-8-7-19(24-25-20)14-1-3-15(23)4-2-14/h1-8,13H,9-12H2. The number of sulfonamides is 1. The van der Waals surface area contributed by atoms with E-state index in [4.69, 9.17) is 23.2 Å². The molecule has 0 saturated carbocycles. The van der Waals surface area contributed by atoms with Gasteiger partial charge in [0.15, 0.2) is 5.82 Å². The Kier molecular flexibility index (Phi) is 5.92. The molecule has 156 valence electrons. The minimum Gasteiger partial charge on any atom is -0.352 e. The van der Waals surface area contributed by atoms with E-state index in [1.54, 1.807) is 12.1 Å². The highest BCUT2D eigenvalue weighted by molar-refractivity contribution is 7.89. The second-order valence-electron chi connectivity index (χ2n) is 6.75. The zero-order chi connectivity index (χ0) is 21.3. The largest absolute Gasteiger partial charge is 0.352 e. The molecule has 1 fully saturated rings. The average Bonchev–Trinajstić information content (AvgIpc) is 2.76. The Bertz CT molecular complexity index is 1150. The van der Waals surface area contributed by atoms with E-state index in [2.05, 4.69) is 10.2 Å². The number of anilines is 1. The molecular weight excluding hydrogens is 450 g/mol. The number of piperazine rings is 1. The molecule has 0 aliphatic carbocycles. The Morgan fingerprint density at radius 1 is 0.833 bits per heavy atom. The van der Waals surface area contributed by atoms with Gasteiger partial charge in [0.25, 0.3) is 0 Å². The van der Waals surface area contributed by atoms with Crippen LogP contribution in [0.15, 0.2) is 59.5 Å². The minimum absolute atomic E-state index is 0.119. The van der Waals surface area contributed by atoms with Gasteiger partial charge in [-0.25, -0.2) is 12.8 Å². The molecule has 3 aromatic rings. The van der Waals surface area contributed by atoms with Gasteiger partial charge in [-0.15, -0.1) is 10.2 Å². The molecule has 1 saturated heterocycles. The highest BCUT2D eigenvalue weighted by Crippen LogP contribution is 2.27. The van der Waals surface area contributed by atoms with Crippen LogP contribution in [0.4, 0.5) is 10.2 Å². The van der Waals surface area contributed by atoms with Gasteiger partial charge in [0.05, 0.1) is 20.6 Å². The summed E-state index contributed by atoms with van der Waals surface area (Å²) in [5.74, 6) is 0.351. The predicted octanol–water partition coefficient (Wildman–Crippen LogP) is 4.10. The van der Waals surface area contributed by atoms with Gasteiger partial charge >= 0.3 is 0 Å². The molecule has 0 unspecified atom stereocenters. The van der Waals surface area contributed by atoms with Crippen LogP contribution < -0.4 is 4.90 Å². The van der Waals surface area contributed by atoms with Gasteiger partial charge in [0, 0.05) is 31.7 Å². The molecule has 6 nitrogen and oxygen atoms in total. The lowest BCUT2D eigenvalue weighted by molar-refractivity contribution is 0.383. The van der Waals surface area contributed by atoms with Crippen LogP contribution in [0.3, 0.4) is 0 Å². The number of aromatic nitrogens is 2. The van der Waals surface area contributed by atoms with Crippen molar-refractivity contribution in [1.29, 1.82) is 0 Å². The molecule has 0 atom stereocenters. The lowest BCUT2D eigenvalue weighted by Gasteiger charge is -2.34. The van der Waals surface area contributed by atoms with E-state index >= 15 is 0 Å². The van der Waals surface area contributed by atoms with Crippen LogP contribution in [0.2, 0.25) is 10.0 Å². The molecular formula is C20H17Cl2FN4O2S. The van der Waals surface area contributed by atoms with E-state index in [-0.39, 0.29) is 15.7 Å². The fourth-order valence-corrected chi connectivity index (χ4v) is 5.02. The third-order valence-corrected chi connectivity index (χ3v) is 7.52. The Morgan fingerprint density at radius 3 is 2.13 bits per heavy atom. The minimum atomic E-state index is -3.66. The molecule has 2 aromatic carbocycles. The second kappa shape index (κ2) is 8.47. The van der Waals surface area contributed by atoms with Gasteiger partial charge in [0.2, 0.25) is 10.0 Å². The van der Waals surface area contributed by atoms with Crippen molar-refractivity contribution in [2.24, 2.45) is 0 Å². The Labute approximate surface area is 183 Å². The van der Waals surface area contributed by atoms with E-state index in [0.29, 0.717) is 42.7 Å². The maximum absolute atomic E-state index is 13.1. The average molecular weight is 467 g/mol. The van der Waals surface area contributed by atoms with E-state index in [1.807, 2.05) is 17.0 Å². The number of benzene rings is 2. The molecule has 4 rings (SSSR count). The quantitative estimate of drug-likeness (QED) is 0.578. The van der Waals surface area contributed by atoms with Crippen molar-refractivity contribution in [3.8, 4) is 11.3 Å². The van der Waals surface area contributed by atoms with Crippen molar-refractivity contribution in [2.75, 3.05) is 31.1 Å². The summed E-state index contributed by atoms with van der Waals surface area (Å²) in [4.78, 5) is 2.09. The van der Waals surface area contributed by atoms with Gasteiger partial charge in [-0.1, -0.05) is 23.2 Å². The summed E-state index contributed by atoms with van der Waals surface area (Å²) in [6.07, 6.45) is 0. The van der Waals surface area contributed by atoms with Gasteiger partial charge in [0.1, 0.15) is 5.82 Å². The monoisotopic (exact) mass is 466 g/mol. The first-order valence-electron chi connectivity index (χ1n) is 9.14. The predicted molar refractivity (Wildman–Crippen MR) is 115 cm³/mol. The first-order valence-corrected chi connectivity index (χ1v) is 11.3. The third kappa shape index (κ3) is 4.27. The molecule has 1 aliphatic rings. The number of hydrogen-bond acceptors (Lipinski definition) is 5. The van der Waals surface area contributed by atoms with Crippen LogP contribution in [-0.4, -0.2) is 49.1 Å². The normalized spacial score (nSPS) is 15.4. The van der Waals surface area contributed by atoms with E-state index in [1.165, 1.54) is 34.6 Å². The molecule has 30 heavy (non-hydrogen) atoms. The topological polar surface area (TPSA) is 66.4 Å². The SMILES string of the molecule is O=S(=O)(c1ccc(Cl)c(Cl)c1)N1CCN(c2ccc(-c3ccc(F)cc3)nn2)CC1. The van der Waals surface area contributed by atoms with E-state index in [0.717, 1.165) is 5.56 Å². The van der Waals surface area contributed by atoms with Crippen LogP contribution in [-0.2, 0) is 10.0 Å². The summed E-state index contributed by atoms with van der Waals surface area (Å²) < 4.78 is 40.2. The van der Waals surface area contributed by atoms with Gasteiger partial charge in [-0.05, 0) is 54.6 Å². The van der Waals surface area contributed by atoms with Crippen molar-refractivity contribution in [1.82, 2.24) is 14.5 Å². The molecule has 1 aliphatic heterocycles. The van der Waals surface area contributed by atoms with Crippen molar-refractivity contribution >= 4 is 39.0 Å². The molecule has 2 heterocycles. The molecule has 0 radical (unpaired) electrons. The van der Waals surface area contributed by atoms with Crippen LogP contribution in [0.25, 0.3) is 11.3 Å². The van der Waals surface area contributed by atoms with E-state index < -0.39 is 10.0 Å². The highest BCUT2D eigenvalue weighted by atomic mass is 35.5. The highest BCUT2D eigenvalue weighted by Gasteiger charge is 2.29. The summed E-state index contributed by atoms with van der Waals surface area (Å²) >= 11 is 11.9. The first-order chi connectivity index (χ1) is 14.3. The maximum atomic E-state index is 13.1. The number of rotatable bonds is 4. The zero-order valence-corrected chi connectivity index (χ0v) is 18.0. The van der Waals surface area contributed by atoms with E-state index in [9.17, 15) is 12.8 Å². The van der Waals surface area contributed by atoms with Crippen molar-refractivity contribution in [2.45, 2.75) is 4.90 Å². The zero-order valence-electron chi connectivity index (χ0n) is 15.7. The fourth-order valence-electron chi connectivity index (χ4n) is 3.21. The Hall–Kier alpha value is -2.26. The van der Waals surface area contributed by atoms with Crippen molar-refractivity contribution in [3.05, 3.63) is 70.5 Å². The third-order valence-electron chi connectivity index (χ3n) is 4.88. The number of halogens is 3. The van der Waals surface area contributed by atoms with Crippen molar-refractivity contribution in [3.63, 3.8) is 0 Å². The van der Waals surface area contributed by atoms with Crippen LogP contribution in [0.5, 0.6) is 0 Å². The van der Waals surface area contributed by atoms with Crippen molar-refractivity contribution < 1.29 is 12.8 Å². The van der Waals surface area contributed by atoms with Crippen LogP contribution in [0, 0.1) is 5.82 Å². The molecule has 0 spiro atoms. The fraction of sp³-hybridized carbons (Fsp3) is 0.200. The smallest absolute Gasteiger partial charge is 0.243 e. The molecule has 0 bridgehead atoms.